The van der Waals surface area contributed by atoms with Crippen molar-refractivity contribution >= 4 is 34.8 Å². The number of nitrogens with zero attached hydrogens (tertiary/aromatic N) is 4. The van der Waals surface area contributed by atoms with Gasteiger partial charge in [0.15, 0.2) is 5.82 Å². The third-order valence-corrected chi connectivity index (χ3v) is 5.48. The number of rotatable bonds is 4. The highest BCUT2D eigenvalue weighted by molar-refractivity contribution is 5.91. The van der Waals surface area contributed by atoms with Crippen LogP contribution in [-0.2, 0) is 12.4 Å². The number of hydrogen-bond acceptors (Lipinski definition) is 6. The number of benzene rings is 2. The summed E-state index contributed by atoms with van der Waals surface area (Å²) < 4.78 is 79.4. The minimum atomic E-state index is -4.92. The monoisotopic (exact) mass is 506 g/mol. The minimum Gasteiger partial charge on any atom is -0.369 e. The van der Waals surface area contributed by atoms with Gasteiger partial charge in [-0.1, -0.05) is 0 Å². The van der Waals surface area contributed by atoms with E-state index in [0.29, 0.717) is 23.0 Å². The van der Waals surface area contributed by atoms with Crippen molar-refractivity contribution in [2.45, 2.75) is 25.3 Å². The van der Waals surface area contributed by atoms with Crippen LogP contribution >= 0.6 is 12.4 Å². The van der Waals surface area contributed by atoms with Gasteiger partial charge in [0.2, 0.25) is 0 Å². The van der Waals surface area contributed by atoms with Gasteiger partial charge in [0.25, 0.3) is 0 Å². The highest BCUT2D eigenvalue weighted by atomic mass is 35.5. The molecule has 0 saturated carbocycles. The summed E-state index contributed by atoms with van der Waals surface area (Å²) in [6, 6.07) is 6.08. The molecule has 0 amide bonds. The van der Waals surface area contributed by atoms with Crippen LogP contribution in [0.4, 0.5) is 37.8 Å². The first-order chi connectivity index (χ1) is 15.5. The Morgan fingerprint density at radius 1 is 0.912 bits per heavy atom. The van der Waals surface area contributed by atoms with Crippen LogP contribution in [-0.4, -0.2) is 41.6 Å². The molecule has 1 atom stereocenters. The number of anilines is 2. The fourth-order valence-corrected chi connectivity index (χ4v) is 3.71. The summed E-state index contributed by atoms with van der Waals surface area (Å²) in [7, 11) is 0. The maximum atomic E-state index is 13.2. The Labute approximate surface area is 197 Å². The van der Waals surface area contributed by atoms with Gasteiger partial charge in [0, 0.05) is 37.3 Å². The van der Waals surface area contributed by atoms with E-state index >= 15 is 0 Å². The molecule has 0 radical (unpaired) electrons. The third-order valence-electron chi connectivity index (χ3n) is 5.48. The summed E-state index contributed by atoms with van der Waals surface area (Å²) in [5.41, 5.74) is -1.51. The molecule has 2 aromatic carbocycles. The van der Waals surface area contributed by atoms with Crippen LogP contribution in [0.1, 0.15) is 29.7 Å². The molecule has 1 aromatic heterocycles. The second-order valence-corrected chi connectivity index (χ2v) is 7.78. The topological polar surface area (TPSA) is 66.0 Å². The van der Waals surface area contributed by atoms with E-state index in [2.05, 4.69) is 30.9 Å². The zero-order valence-corrected chi connectivity index (χ0v) is 18.7. The quantitative estimate of drug-likeness (QED) is 0.482. The predicted molar refractivity (Wildman–Crippen MR) is 118 cm³/mol. The number of nitrogens with one attached hydrogen (secondary N) is 2. The fourth-order valence-electron chi connectivity index (χ4n) is 3.71. The number of aromatic nitrogens is 3. The molecular formula is C21H21ClF6N6. The summed E-state index contributed by atoms with van der Waals surface area (Å²) in [6.07, 6.45) is -9.84. The van der Waals surface area contributed by atoms with Crippen LogP contribution in [0.15, 0.2) is 36.4 Å². The normalized spacial score (nSPS) is 15.7. The smallest absolute Gasteiger partial charge is 0.369 e. The average Bonchev–Trinajstić information content (AvgIpc) is 2.78. The van der Waals surface area contributed by atoms with E-state index in [4.69, 9.17) is 0 Å². The summed E-state index contributed by atoms with van der Waals surface area (Å²) in [5.74, 6) is 0.218. The first-order valence-electron chi connectivity index (χ1n) is 10.2. The molecule has 6 nitrogen and oxygen atoms in total. The van der Waals surface area contributed by atoms with E-state index in [1.807, 2.05) is 12.1 Å². The van der Waals surface area contributed by atoms with Crippen LogP contribution in [0.3, 0.4) is 0 Å². The van der Waals surface area contributed by atoms with Crippen LogP contribution in [0.5, 0.6) is 0 Å². The van der Waals surface area contributed by atoms with Gasteiger partial charge in [-0.3, -0.25) is 0 Å². The van der Waals surface area contributed by atoms with E-state index in [1.165, 1.54) is 6.92 Å². The second-order valence-electron chi connectivity index (χ2n) is 7.78. The van der Waals surface area contributed by atoms with Gasteiger partial charge in [0.05, 0.1) is 22.7 Å². The molecule has 2 N–H and O–H groups in total. The van der Waals surface area contributed by atoms with E-state index < -0.39 is 29.5 Å². The van der Waals surface area contributed by atoms with Gasteiger partial charge in [-0.15, -0.1) is 22.6 Å². The fraction of sp³-hybridized carbons (Fsp3) is 0.381. The van der Waals surface area contributed by atoms with Crippen molar-refractivity contribution in [3.63, 3.8) is 0 Å². The van der Waals surface area contributed by atoms with E-state index in [1.54, 1.807) is 6.07 Å². The average molecular weight is 507 g/mol. The van der Waals surface area contributed by atoms with Gasteiger partial charge >= 0.3 is 12.4 Å². The van der Waals surface area contributed by atoms with E-state index in [-0.39, 0.29) is 29.9 Å². The van der Waals surface area contributed by atoms with E-state index in [9.17, 15) is 26.3 Å². The molecule has 2 heterocycles. The Balaban J connectivity index is 0.00000324. The predicted octanol–water partition coefficient (Wildman–Crippen LogP) is 5.07. The maximum absolute atomic E-state index is 13.2. The Morgan fingerprint density at radius 3 is 2.12 bits per heavy atom. The Bertz CT molecular complexity index is 1110. The number of piperazine rings is 1. The van der Waals surface area contributed by atoms with Crippen LogP contribution in [0.2, 0.25) is 0 Å². The molecule has 1 saturated heterocycles. The molecule has 34 heavy (non-hydrogen) atoms. The molecule has 13 heteroatoms. The minimum absolute atomic E-state index is 0. The van der Waals surface area contributed by atoms with Gasteiger partial charge in [-0.25, -0.2) is 0 Å². The molecular weight excluding hydrogens is 486 g/mol. The molecule has 1 aliphatic heterocycles. The number of hydrogen-bond donors (Lipinski definition) is 2. The highest BCUT2D eigenvalue weighted by Gasteiger charge is 2.37. The van der Waals surface area contributed by atoms with Gasteiger partial charge < -0.3 is 15.5 Å². The highest BCUT2D eigenvalue weighted by Crippen LogP contribution is 2.38. The van der Waals surface area contributed by atoms with Crippen LogP contribution < -0.4 is 15.5 Å². The number of alkyl halides is 6. The van der Waals surface area contributed by atoms with Crippen LogP contribution in [0, 0.1) is 0 Å². The maximum Gasteiger partial charge on any atom is 0.416 e. The van der Waals surface area contributed by atoms with E-state index in [0.717, 1.165) is 31.9 Å². The Kier molecular flexibility index (Phi) is 7.41. The van der Waals surface area contributed by atoms with Crippen molar-refractivity contribution in [2.24, 2.45) is 0 Å². The van der Waals surface area contributed by atoms with Crippen molar-refractivity contribution in [3.05, 3.63) is 53.1 Å². The summed E-state index contributed by atoms with van der Waals surface area (Å²) >= 11 is 0. The molecule has 184 valence electrons. The molecule has 0 spiro atoms. The second kappa shape index (κ2) is 9.79. The third kappa shape index (κ3) is 5.61. The van der Waals surface area contributed by atoms with Gasteiger partial charge in [0.1, 0.15) is 0 Å². The first kappa shape index (κ1) is 25.8. The zero-order chi connectivity index (χ0) is 23.8. The molecule has 3 aromatic rings. The number of halogens is 7. The Morgan fingerprint density at radius 2 is 1.53 bits per heavy atom. The van der Waals surface area contributed by atoms with Crippen molar-refractivity contribution < 1.29 is 26.3 Å². The summed E-state index contributed by atoms with van der Waals surface area (Å²) in [6.45, 7) is 4.69. The lowest BCUT2D eigenvalue weighted by atomic mass is 10.00. The SMILES string of the molecule is C[C@@H](Nc1nnnc2ccc(N3CCNCC3)cc12)c1cc(C(F)(F)F)cc(C(F)(F)F)c1.Cl. The number of fused-ring (bicyclic) bond motifs is 1. The first-order valence-corrected chi connectivity index (χ1v) is 10.2. The molecule has 1 aliphatic rings. The van der Waals surface area contributed by atoms with Crippen molar-refractivity contribution in [2.75, 3.05) is 36.4 Å². The van der Waals surface area contributed by atoms with Gasteiger partial charge in [-0.2, -0.15) is 26.3 Å². The lowest BCUT2D eigenvalue weighted by Gasteiger charge is -2.29. The lowest BCUT2D eigenvalue weighted by molar-refractivity contribution is -0.143. The lowest BCUT2D eigenvalue weighted by Crippen LogP contribution is -2.43. The van der Waals surface area contributed by atoms with Gasteiger partial charge in [-0.05, 0) is 54.1 Å². The summed E-state index contributed by atoms with van der Waals surface area (Å²) in [4.78, 5) is 2.16. The van der Waals surface area contributed by atoms with Crippen molar-refractivity contribution in [1.29, 1.82) is 0 Å². The summed E-state index contributed by atoms with van der Waals surface area (Å²) in [5, 5.41) is 18.3. The molecule has 0 bridgehead atoms. The van der Waals surface area contributed by atoms with Crippen molar-refractivity contribution in [1.82, 2.24) is 20.7 Å². The Hall–Kier alpha value is -2.86. The molecule has 4 rings (SSSR count). The van der Waals surface area contributed by atoms with Crippen molar-refractivity contribution in [3.8, 4) is 0 Å². The molecule has 0 unspecified atom stereocenters. The zero-order valence-electron chi connectivity index (χ0n) is 17.8. The largest absolute Gasteiger partial charge is 0.416 e. The molecule has 1 fully saturated rings. The molecule has 0 aliphatic carbocycles. The standard InChI is InChI=1S/C21H20F6N6.ClH/c1-12(13-8-14(20(22,23)24)10-15(9-13)21(25,26)27)29-19-17-11-16(33-6-4-28-5-7-33)2-3-18(17)30-32-31-19;/h2-3,8-12,28H,4-7H2,1H3,(H,29,30,31);1H/t12-;/m1./s1. The van der Waals surface area contributed by atoms with Crippen LogP contribution in [0.25, 0.3) is 10.9 Å².